The number of hydrazone groups is 1. The third-order valence-electron chi connectivity index (χ3n) is 2.16. The largest absolute Gasteiger partial charge is 0.443 e. The summed E-state index contributed by atoms with van der Waals surface area (Å²) >= 11 is 0. The van der Waals surface area contributed by atoms with Gasteiger partial charge in [-0.25, -0.2) is 10.2 Å². The second-order valence-corrected chi connectivity index (χ2v) is 4.97. The fraction of sp³-hybridized carbons (Fsp3) is 0.429. The van der Waals surface area contributed by atoms with Gasteiger partial charge < -0.3 is 4.74 Å². The first-order valence-corrected chi connectivity index (χ1v) is 6.01. The summed E-state index contributed by atoms with van der Waals surface area (Å²) in [5, 5.41) is 3.83. The van der Waals surface area contributed by atoms with Crippen LogP contribution in [0.1, 0.15) is 38.8 Å². The van der Waals surface area contributed by atoms with Crippen LogP contribution in [0.4, 0.5) is 4.79 Å². The lowest BCUT2D eigenvalue weighted by Crippen LogP contribution is -2.29. The molecule has 0 aliphatic heterocycles. The van der Waals surface area contributed by atoms with E-state index in [0.717, 1.165) is 12.0 Å². The van der Waals surface area contributed by atoms with Crippen LogP contribution in [-0.2, 0) is 11.2 Å². The summed E-state index contributed by atoms with van der Waals surface area (Å²) < 4.78 is 5.05. The highest BCUT2D eigenvalue weighted by Crippen LogP contribution is 2.06. The van der Waals surface area contributed by atoms with Crippen molar-refractivity contribution in [2.45, 2.75) is 39.7 Å². The summed E-state index contributed by atoms with van der Waals surface area (Å²) in [4.78, 5) is 11.3. The molecule has 1 N–H and O–H groups in total. The minimum atomic E-state index is -0.552. The molecule has 18 heavy (non-hydrogen) atoms. The Morgan fingerprint density at radius 2 is 1.94 bits per heavy atom. The molecule has 0 heterocycles. The van der Waals surface area contributed by atoms with Gasteiger partial charge in [-0.1, -0.05) is 31.2 Å². The van der Waals surface area contributed by atoms with Gasteiger partial charge in [0.2, 0.25) is 0 Å². The summed E-state index contributed by atoms with van der Waals surface area (Å²) in [6, 6.07) is 7.99. The van der Waals surface area contributed by atoms with Gasteiger partial charge in [0.1, 0.15) is 5.60 Å². The minimum Gasteiger partial charge on any atom is -0.443 e. The molecule has 0 aliphatic rings. The summed E-state index contributed by atoms with van der Waals surface area (Å²) in [5.74, 6) is 0. The lowest BCUT2D eigenvalue weighted by Gasteiger charge is -2.18. The molecular formula is C14H20N2O2. The SMILES string of the molecule is CCc1ccc(/C=N\NC(=O)OC(C)(C)C)cc1. The lowest BCUT2D eigenvalue weighted by molar-refractivity contribution is 0.0529. The lowest BCUT2D eigenvalue weighted by atomic mass is 10.1. The number of nitrogens with zero attached hydrogens (tertiary/aromatic N) is 1. The van der Waals surface area contributed by atoms with Crippen LogP contribution in [0.5, 0.6) is 0 Å². The molecule has 0 unspecified atom stereocenters. The first-order valence-electron chi connectivity index (χ1n) is 6.01. The molecule has 0 aromatic heterocycles. The molecule has 1 aromatic carbocycles. The molecule has 1 amide bonds. The van der Waals surface area contributed by atoms with Crippen LogP contribution in [-0.4, -0.2) is 17.9 Å². The first-order chi connectivity index (χ1) is 8.40. The fourth-order valence-electron chi connectivity index (χ4n) is 1.30. The van der Waals surface area contributed by atoms with Crippen LogP contribution < -0.4 is 5.43 Å². The zero-order valence-corrected chi connectivity index (χ0v) is 11.4. The average molecular weight is 248 g/mol. The van der Waals surface area contributed by atoms with Gasteiger partial charge in [0, 0.05) is 0 Å². The summed E-state index contributed by atoms with van der Waals surface area (Å²) in [7, 11) is 0. The molecule has 0 aliphatic carbocycles. The Hall–Kier alpha value is -1.84. The molecule has 4 heteroatoms. The van der Waals surface area contributed by atoms with Gasteiger partial charge >= 0.3 is 6.09 Å². The van der Waals surface area contributed by atoms with E-state index in [1.54, 1.807) is 27.0 Å². The van der Waals surface area contributed by atoms with Gasteiger partial charge in [-0.05, 0) is 38.3 Å². The number of benzene rings is 1. The number of carbonyl (C=O) groups excluding carboxylic acids is 1. The van der Waals surface area contributed by atoms with Gasteiger partial charge in [-0.15, -0.1) is 0 Å². The summed E-state index contributed by atoms with van der Waals surface area (Å²) in [5.41, 5.74) is 4.02. The average Bonchev–Trinajstić information content (AvgIpc) is 2.27. The molecule has 0 saturated carbocycles. The Kier molecular flexibility index (Phi) is 4.89. The number of ether oxygens (including phenoxy) is 1. The van der Waals surface area contributed by atoms with Crippen molar-refractivity contribution in [1.29, 1.82) is 0 Å². The first kappa shape index (κ1) is 14.2. The monoisotopic (exact) mass is 248 g/mol. The Morgan fingerprint density at radius 3 is 2.44 bits per heavy atom. The van der Waals surface area contributed by atoms with Crippen LogP contribution in [0.3, 0.4) is 0 Å². The van der Waals surface area contributed by atoms with Crippen molar-refractivity contribution < 1.29 is 9.53 Å². The number of nitrogens with one attached hydrogen (secondary N) is 1. The van der Waals surface area contributed by atoms with E-state index in [1.807, 2.05) is 24.3 Å². The summed E-state index contributed by atoms with van der Waals surface area (Å²) in [6.45, 7) is 7.52. The number of aryl methyl sites for hydroxylation is 1. The van der Waals surface area contributed by atoms with Crippen LogP contribution in [0.2, 0.25) is 0 Å². The van der Waals surface area contributed by atoms with E-state index in [1.165, 1.54) is 5.56 Å². The molecule has 1 aromatic rings. The number of amides is 1. The van der Waals surface area contributed by atoms with Gasteiger partial charge in [0.15, 0.2) is 0 Å². The zero-order chi connectivity index (χ0) is 13.6. The Labute approximate surface area is 108 Å². The maximum absolute atomic E-state index is 11.3. The normalized spacial score (nSPS) is 11.6. The number of carbonyl (C=O) groups is 1. The van der Waals surface area contributed by atoms with Gasteiger partial charge in [0.25, 0.3) is 0 Å². The Bertz CT molecular complexity index is 416. The number of hydrogen-bond acceptors (Lipinski definition) is 3. The van der Waals surface area contributed by atoms with Gasteiger partial charge in [0.05, 0.1) is 6.21 Å². The standard InChI is InChI=1S/C14H20N2O2/c1-5-11-6-8-12(9-7-11)10-15-16-13(17)18-14(2,3)4/h6-10H,5H2,1-4H3,(H,16,17)/b15-10-. The molecule has 0 spiro atoms. The third-order valence-corrected chi connectivity index (χ3v) is 2.16. The molecule has 98 valence electrons. The molecule has 0 radical (unpaired) electrons. The molecule has 0 saturated heterocycles. The smallest absolute Gasteiger partial charge is 0.428 e. The van der Waals surface area contributed by atoms with Gasteiger partial charge in [-0.3, -0.25) is 0 Å². The van der Waals surface area contributed by atoms with Crippen LogP contribution in [0.25, 0.3) is 0 Å². The van der Waals surface area contributed by atoms with Crippen LogP contribution in [0.15, 0.2) is 29.4 Å². The maximum atomic E-state index is 11.3. The van der Waals surface area contributed by atoms with E-state index in [-0.39, 0.29) is 0 Å². The summed E-state index contributed by atoms with van der Waals surface area (Å²) in [6.07, 6.45) is 2.04. The quantitative estimate of drug-likeness (QED) is 0.660. The molecule has 0 fully saturated rings. The molecule has 0 bridgehead atoms. The second-order valence-electron chi connectivity index (χ2n) is 4.97. The Balaban J connectivity index is 2.47. The zero-order valence-electron chi connectivity index (χ0n) is 11.4. The van der Waals surface area contributed by atoms with Crippen LogP contribution in [0, 0.1) is 0 Å². The van der Waals surface area contributed by atoms with Crippen molar-refractivity contribution in [3.8, 4) is 0 Å². The predicted octanol–water partition coefficient (Wildman–Crippen LogP) is 3.11. The van der Waals surface area contributed by atoms with Crippen molar-refractivity contribution >= 4 is 12.3 Å². The molecule has 4 nitrogen and oxygen atoms in total. The van der Waals surface area contributed by atoms with E-state index in [4.69, 9.17) is 4.74 Å². The highest BCUT2D eigenvalue weighted by molar-refractivity contribution is 5.80. The predicted molar refractivity (Wildman–Crippen MR) is 72.8 cm³/mol. The van der Waals surface area contributed by atoms with Gasteiger partial charge in [-0.2, -0.15) is 5.10 Å². The van der Waals surface area contributed by atoms with Crippen molar-refractivity contribution in [1.82, 2.24) is 5.43 Å². The number of hydrogen-bond donors (Lipinski definition) is 1. The number of rotatable bonds is 3. The second kappa shape index (κ2) is 6.19. The Morgan fingerprint density at radius 1 is 1.33 bits per heavy atom. The fourth-order valence-corrected chi connectivity index (χ4v) is 1.30. The highest BCUT2D eigenvalue weighted by atomic mass is 16.6. The van der Waals surface area contributed by atoms with E-state index < -0.39 is 11.7 Å². The maximum Gasteiger partial charge on any atom is 0.428 e. The van der Waals surface area contributed by atoms with Crippen molar-refractivity contribution in [3.63, 3.8) is 0 Å². The molecule has 1 rings (SSSR count). The topological polar surface area (TPSA) is 50.7 Å². The highest BCUT2D eigenvalue weighted by Gasteiger charge is 2.15. The third kappa shape index (κ3) is 5.48. The van der Waals surface area contributed by atoms with E-state index >= 15 is 0 Å². The van der Waals surface area contributed by atoms with Crippen molar-refractivity contribution in [3.05, 3.63) is 35.4 Å². The van der Waals surface area contributed by atoms with Crippen LogP contribution >= 0.6 is 0 Å². The molecular weight excluding hydrogens is 228 g/mol. The van der Waals surface area contributed by atoms with E-state index in [0.29, 0.717) is 0 Å². The van der Waals surface area contributed by atoms with E-state index in [2.05, 4.69) is 17.5 Å². The molecule has 0 atom stereocenters. The van der Waals surface area contributed by atoms with Crippen molar-refractivity contribution in [2.24, 2.45) is 5.10 Å². The van der Waals surface area contributed by atoms with E-state index in [9.17, 15) is 4.79 Å². The minimum absolute atomic E-state index is 0.512. The van der Waals surface area contributed by atoms with Crippen molar-refractivity contribution in [2.75, 3.05) is 0 Å².